The predicted octanol–water partition coefficient (Wildman–Crippen LogP) is 3.97. The fraction of sp³-hybridized carbons (Fsp3) is 0.632. The number of hydrogen-bond acceptors (Lipinski definition) is 3. The Morgan fingerprint density at radius 2 is 1.91 bits per heavy atom. The molecule has 1 atom stereocenters. The normalized spacial score (nSPS) is 11.8. The molecule has 1 N–H and O–H groups in total. The van der Waals surface area contributed by atoms with Crippen molar-refractivity contribution in [2.75, 3.05) is 20.8 Å². The SMILES string of the molecule is CCCCC(CC)CNC(=O)CCc1ccc(OC)c(OC)c1. The summed E-state index contributed by atoms with van der Waals surface area (Å²) in [4.78, 5) is 12.0. The zero-order chi connectivity index (χ0) is 17.1. The number of rotatable bonds is 11. The molecule has 0 heterocycles. The highest BCUT2D eigenvalue weighted by Crippen LogP contribution is 2.27. The van der Waals surface area contributed by atoms with E-state index < -0.39 is 0 Å². The van der Waals surface area contributed by atoms with Gasteiger partial charge in [-0.2, -0.15) is 0 Å². The van der Waals surface area contributed by atoms with Crippen molar-refractivity contribution in [1.29, 1.82) is 0 Å². The van der Waals surface area contributed by atoms with Crippen molar-refractivity contribution in [3.63, 3.8) is 0 Å². The molecule has 0 saturated carbocycles. The van der Waals surface area contributed by atoms with Gasteiger partial charge in [-0.1, -0.05) is 39.2 Å². The minimum absolute atomic E-state index is 0.120. The van der Waals surface area contributed by atoms with E-state index in [1.165, 1.54) is 19.3 Å². The number of amides is 1. The molecule has 0 spiro atoms. The molecule has 1 aromatic rings. The van der Waals surface area contributed by atoms with Gasteiger partial charge in [0.15, 0.2) is 11.5 Å². The van der Waals surface area contributed by atoms with Crippen LogP contribution in [0.2, 0.25) is 0 Å². The number of aryl methyl sites for hydroxylation is 1. The fourth-order valence-corrected chi connectivity index (χ4v) is 2.58. The number of carbonyl (C=O) groups is 1. The van der Waals surface area contributed by atoms with Gasteiger partial charge in [-0.3, -0.25) is 4.79 Å². The minimum atomic E-state index is 0.120. The zero-order valence-corrected chi connectivity index (χ0v) is 15.0. The lowest BCUT2D eigenvalue weighted by atomic mass is 9.99. The van der Waals surface area contributed by atoms with Crippen molar-refractivity contribution >= 4 is 5.91 Å². The Balaban J connectivity index is 2.41. The molecule has 0 aromatic heterocycles. The fourth-order valence-electron chi connectivity index (χ4n) is 2.58. The zero-order valence-electron chi connectivity index (χ0n) is 15.0. The van der Waals surface area contributed by atoms with E-state index in [4.69, 9.17) is 9.47 Å². The van der Waals surface area contributed by atoms with E-state index in [9.17, 15) is 4.79 Å². The van der Waals surface area contributed by atoms with Crippen LogP contribution in [-0.4, -0.2) is 26.7 Å². The largest absolute Gasteiger partial charge is 0.493 e. The lowest BCUT2D eigenvalue weighted by Crippen LogP contribution is -2.29. The molecular formula is C19H31NO3. The summed E-state index contributed by atoms with van der Waals surface area (Å²) in [6, 6.07) is 5.79. The van der Waals surface area contributed by atoms with Crippen molar-refractivity contribution in [2.45, 2.75) is 52.4 Å². The predicted molar refractivity (Wildman–Crippen MR) is 94.2 cm³/mol. The summed E-state index contributed by atoms with van der Waals surface area (Å²) in [7, 11) is 3.24. The lowest BCUT2D eigenvalue weighted by Gasteiger charge is -2.15. The van der Waals surface area contributed by atoms with Gasteiger partial charge in [0, 0.05) is 13.0 Å². The quantitative estimate of drug-likeness (QED) is 0.671. The van der Waals surface area contributed by atoms with Crippen molar-refractivity contribution in [2.24, 2.45) is 5.92 Å². The second kappa shape index (κ2) is 10.9. The number of unbranched alkanes of at least 4 members (excludes halogenated alkanes) is 1. The van der Waals surface area contributed by atoms with E-state index >= 15 is 0 Å². The lowest BCUT2D eigenvalue weighted by molar-refractivity contribution is -0.121. The third-order valence-corrected chi connectivity index (χ3v) is 4.22. The molecule has 0 aliphatic carbocycles. The number of nitrogens with one attached hydrogen (secondary N) is 1. The highest BCUT2D eigenvalue weighted by molar-refractivity contribution is 5.76. The molecule has 130 valence electrons. The first kappa shape index (κ1) is 19.3. The maximum atomic E-state index is 12.0. The van der Waals surface area contributed by atoms with Crippen molar-refractivity contribution in [1.82, 2.24) is 5.32 Å². The van der Waals surface area contributed by atoms with Crippen LogP contribution in [0.4, 0.5) is 0 Å². The van der Waals surface area contributed by atoms with E-state index in [0.29, 0.717) is 30.3 Å². The van der Waals surface area contributed by atoms with Crippen LogP contribution in [0, 0.1) is 5.92 Å². The molecular weight excluding hydrogens is 290 g/mol. The van der Waals surface area contributed by atoms with Gasteiger partial charge < -0.3 is 14.8 Å². The molecule has 0 fully saturated rings. The minimum Gasteiger partial charge on any atom is -0.493 e. The van der Waals surface area contributed by atoms with E-state index in [2.05, 4.69) is 19.2 Å². The first-order chi connectivity index (χ1) is 11.1. The van der Waals surface area contributed by atoms with E-state index in [0.717, 1.165) is 18.5 Å². The first-order valence-corrected chi connectivity index (χ1v) is 8.62. The molecule has 4 heteroatoms. The van der Waals surface area contributed by atoms with Gasteiger partial charge in [-0.15, -0.1) is 0 Å². The molecule has 1 aromatic carbocycles. The maximum Gasteiger partial charge on any atom is 0.220 e. The number of methoxy groups -OCH3 is 2. The van der Waals surface area contributed by atoms with Crippen LogP contribution in [0.1, 0.15) is 51.5 Å². The third-order valence-electron chi connectivity index (χ3n) is 4.22. The van der Waals surface area contributed by atoms with Crippen LogP contribution in [0.5, 0.6) is 11.5 Å². The Hall–Kier alpha value is -1.71. The third kappa shape index (κ3) is 6.93. The second-order valence-corrected chi connectivity index (χ2v) is 5.91. The Kier molecular flexibility index (Phi) is 9.18. The smallest absolute Gasteiger partial charge is 0.220 e. The number of benzene rings is 1. The highest BCUT2D eigenvalue weighted by atomic mass is 16.5. The first-order valence-electron chi connectivity index (χ1n) is 8.62. The number of carbonyl (C=O) groups excluding carboxylic acids is 1. The molecule has 1 unspecified atom stereocenters. The van der Waals surface area contributed by atoms with Crippen LogP contribution in [0.25, 0.3) is 0 Å². The van der Waals surface area contributed by atoms with Gasteiger partial charge >= 0.3 is 0 Å². The van der Waals surface area contributed by atoms with Crippen LogP contribution in [0.3, 0.4) is 0 Å². The van der Waals surface area contributed by atoms with Gasteiger partial charge in [0.1, 0.15) is 0 Å². The summed E-state index contributed by atoms with van der Waals surface area (Å²) >= 11 is 0. The summed E-state index contributed by atoms with van der Waals surface area (Å²) in [6.45, 7) is 5.19. The summed E-state index contributed by atoms with van der Waals surface area (Å²) < 4.78 is 10.5. The van der Waals surface area contributed by atoms with Crippen LogP contribution in [-0.2, 0) is 11.2 Å². The highest BCUT2D eigenvalue weighted by Gasteiger charge is 2.09. The summed E-state index contributed by atoms with van der Waals surface area (Å²) in [5, 5.41) is 3.07. The topological polar surface area (TPSA) is 47.6 Å². The molecule has 0 saturated heterocycles. The van der Waals surface area contributed by atoms with E-state index in [-0.39, 0.29) is 5.91 Å². The Morgan fingerprint density at radius 3 is 2.52 bits per heavy atom. The average molecular weight is 321 g/mol. The summed E-state index contributed by atoms with van der Waals surface area (Å²) in [5.74, 6) is 2.13. The van der Waals surface area contributed by atoms with Crippen molar-refractivity contribution in [3.8, 4) is 11.5 Å². The Morgan fingerprint density at radius 1 is 1.17 bits per heavy atom. The Bertz CT molecular complexity index is 474. The van der Waals surface area contributed by atoms with Crippen LogP contribution >= 0.6 is 0 Å². The summed E-state index contributed by atoms with van der Waals surface area (Å²) in [6.07, 6.45) is 5.97. The average Bonchev–Trinajstić information content (AvgIpc) is 2.59. The van der Waals surface area contributed by atoms with Gasteiger partial charge in [0.05, 0.1) is 14.2 Å². The monoisotopic (exact) mass is 321 g/mol. The van der Waals surface area contributed by atoms with Gasteiger partial charge in [0.2, 0.25) is 5.91 Å². The van der Waals surface area contributed by atoms with Crippen molar-refractivity contribution in [3.05, 3.63) is 23.8 Å². The molecule has 1 amide bonds. The van der Waals surface area contributed by atoms with Crippen LogP contribution in [0.15, 0.2) is 18.2 Å². The molecule has 1 rings (SSSR count). The van der Waals surface area contributed by atoms with E-state index in [1.54, 1.807) is 14.2 Å². The molecule has 0 bridgehead atoms. The standard InChI is InChI=1S/C19H31NO3/c1-5-7-8-15(6-2)14-20-19(21)12-10-16-9-11-17(22-3)18(13-16)23-4/h9,11,13,15H,5-8,10,12,14H2,1-4H3,(H,20,21). The Labute approximate surface area is 140 Å². The molecule has 4 nitrogen and oxygen atoms in total. The number of ether oxygens (including phenoxy) is 2. The van der Waals surface area contributed by atoms with Gasteiger partial charge in [0.25, 0.3) is 0 Å². The molecule has 0 radical (unpaired) electrons. The molecule has 23 heavy (non-hydrogen) atoms. The second-order valence-electron chi connectivity index (χ2n) is 5.91. The van der Waals surface area contributed by atoms with Gasteiger partial charge in [-0.25, -0.2) is 0 Å². The van der Waals surface area contributed by atoms with Crippen LogP contribution < -0.4 is 14.8 Å². The van der Waals surface area contributed by atoms with E-state index in [1.807, 2.05) is 18.2 Å². The summed E-state index contributed by atoms with van der Waals surface area (Å²) in [5.41, 5.74) is 1.08. The number of hydrogen-bond donors (Lipinski definition) is 1. The maximum absolute atomic E-state index is 12.0. The van der Waals surface area contributed by atoms with Gasteiger partial charge in [-0.05, 0) is 36.5 Å². The molecule has 0 aliphatic heterocycles. The molecule has 0 aliphatic rings. The van der Waals surface area contributed by atoms with Crippen molar-refractivity contribution < 1.29 is 14.3 Å².